The van der Waals surface area contributed by atoms with Crippen LogP contribution in [0.5, 0.6) is 0 Å². The molecule has 0 unspecified atom stereocenters. The Morgan fingerprint density at radius 3 is 2.70 bits per heavy atom. The van der Waals surface area contributed by atoms with E-state index in [-0.39, 0.29) is 24.5 Å². The van der Waals surface area contributed by atoms with Crippen molar-refractivity contribution in [3.63, 3.8) is 0 Å². The molecule has 1 aliphatic heterocycles. The summed E-state index contributed by atoms with van der Waals surface area (Å²) in [7, 11) is 0. The summed E-state index contributed by atoms with van der Waals surface area (Å²) in [5.41, 5.74) is 2.95. The number of thiophene rings is 1. The zero-order valence-electron chi connectivity index (χ0n) is 16.1. The number of anilines is 1. The molecule has 27 heavy (non-hydrogen) atoms. The van der Waals surface area contributed by atoms with Gasteiger partial charge < -0.3 is 15.0 Å². The van der Waals surface area contributed by atoms with Crippen LogP contribution in [0.4, 0.5) is 5.69 Å². The zero-order valence-corrected chi connectivity index (χ0v) is 16.9. The lowest BCUT2D eigenvalue weighted by atomic mass is 10.1. The van der Waals surface area contributed by atoms with E-state index >= 15 is 0 Å². The molecule has 1 atom stereocenters. The van der Waals surface area contributed by atoms with E-state index in [0.717, 1.165) is 41.1 Å². The number of ether oxygens (including phenoxy) is 1. The summed E-state index contributed by atoms with van der Waals surface area (Å²) < 4.78 is 5.69. The van der Waals surface area contributed by atoms with Gasteiger partial charge in [-0.1, -0.05) is 12.1 Å². The van der Waals surface area contributed by atoms with E-state index in [2.05, 4.69) is 5.32 Å². The maximum Gasteiger partial charge on any atom is 0.264 e. The Balaban J connectivity index is 1.72. The number of rotatable bonds is 6. The van der Waals surface area contributed by atoms with Crippen LogP contribution in [0.3, 0.4) is 0 Å². The second kappa shape index (κ2) is 8.67. The van der Waals surface area contributed by atoms with Gasteiger partial charge in [0.1, 0.15) is 6.54 Å². The van der Waals surface area contributed by atoms with E-state index in [4.69, 9.17) is 4.74 Å². The van der Waals surface area contributed by atoms with Gasteiger partial charge in [0.05, 0.1) is 11.0 Å². The van der Waals surface area contributed by atoms with Crippen LogP contribution in [-0.2, 0) is 9.53 Å². The van der Waals surface area contributed by atoms with Crippen molar-refractivity contribution in [1.29, 1.82) is 0 Å². The van der Waals surface area contributed by atoms with Crippen LogP contribution in [0, 0.1) is 20.8 Å². The third-order valence-electron chi connectivity index (χ3n) is 4.90. The molecule has 1 aromatic carbocycles. The van der Waals surface area contributed by atoms with Gasteiger partial charge in [-0.25, -0.2) is 0 Å². The highest BCUT2D eigenvalue weighted by Gasteiger charge is 2.26. The van der Waals surface area contributed by atoms with Gasteiger partial charge in [0.2, 0.25) is 5.91 Å². The van der Waals surface area contributed by atoms with Gasteiger partial charge in [-0.05, 0) is 62.9 Å². The van der Waals surface area contributed by atoms with E-state index < -0.39 is 0 Å². The molecule has 2 amide bonds. The third kappa shape index (κ3) is 4.96. The van der Waals surface area contributed by atoms with Crippen LogP contribution >= 0.6 is 11.3 Å². The average molecular weight is 387 g/mol. The van der Waals surface area contributed by atoms with Crippen molar-refractivity contribution in [3.05, 3.63) is 51.2 Å². The predicted molar refractivity (Wildman–Crippen MR) is 108 cm³/mol. The standard InChI is InChI=1S/C21H26N2O3S/c1-14-6-4-8-18(16(14)3)22-20(24)13-23(12-17-7-5-11-26-17)21(25)19-10-9-15(2)27-19/h4,6,8-10,17H,5,7,11-13H2,1-3H3,(H,22,24)/t17-/m1/s1. The van der Waals surface area contributed by atoms with Crippen molar-refractivity contribution >= 4 is 28.8 Å². The highest BCUT2D eigenvalue weighted by atomic mass is 32.1. The molecule has 0 bridgehead atoms. The average Bonchev–Trinajstić information content (AvgIpc) is 3.29. The lowest BCUT2D eigenvalue weighted by Gasteiger charge is -2.24. The molecule has 1 N–H and O–H groups in total. The first kappa shape index (κ1) is 19.6. The second-order valence-corrected chi connectivity index (χ2v) is 8.31. The van der Waals surface area contributed by atoms with Crippen LogP contribution in [-0.4, -0.2) is 42.5 Å². The van der Waals surface area contributed by atoms with Crippen molar-refractivity contribution < 1.29 is 14.3 Å². The Bertz CT molecular complexity index is 825. The van der Waals surface area contributed by atoms with Crippen LogP contribution in [0.1, 0.15) is 38.5 Å². The van der Waals surface area contributed by atoms with Crippen LogP contribution < -0.4 is 5.32 Å². The molecule has 3 rings (SSSR count). The molecule has 0 saturated carbocycles. The van der Waals surface area contributed by atoms with Gasteiger partial charge in [-0.2, -0.15) is 0 Å². The first-order valence-corrected chi connectivity index (χ1v) is 10.1. The van der Waals surface area contributed by atoms with Crippen molar-refractivity contribution in [2.75, 3.05) is 25.0 Å². The Morgan fingerprint density at radius 2 is 2.04 bits per heavy atom. The molecule has 0 spiro atoms. The van der Waals surface area contributed by atoms with Gasteiger partial charge in [0, 0.05) is 23.7 Å². The van der Waals surface area contributed by atoms with Crippen LogP contribution in [0.2, 0.25) is 0 Å². The van der Waals surface area contributed by atoms with Gasteiger partial charge in [0.25, 0.3) is 5.91 Å². The number of hydrogen-bond acceptors (Lipinski definition) is 4. The summed E-state index contributed by atoms with van der Waals surface area (Å²) in [6.07, 6.45) is 1.93. The molecular formula is C21H26N2O3S. The van der Waals surface area contributed by atoms with Gasteiger partial charge in [0.15, 0.2) is 0 Å². The maximum absolute atomic E-state index is 13.0. The summed E-state index contributed by atoms with van der Waals surface area (Å²) in [5, 5.41) is 2.95. The summed E-state index contributed by atoms with van der Waals surface area (Å²) in [4.78, 5) is 29.0. The highest BCUT2D eigenvalue weighted by molar-refractivity contribution is 7.13. The van der Waals surface area contributed by atoms with E-state index in [1.54, 1.807) is 4.90 Å². The van der Waals surface area contributed by atoms with Crippen molar-refractivity contribution in [2.24, 2.45) is 0 Å². The number of aryl methyl sites for hydroxylation is 2. The normalized spacial score (nSPS) is 16.3. The predicted octanol–water partition coefficient (Wildman–Crippen LogP) is 3.93. The molecule has 6 heteroatoms. The number of hydrogen-bond donors (Lipinski definition) is 1. The van der Waals surface area contributed by atoms with Crippen LogP contribution in [0.15, 0.2) is 30.3 Å². The number of carbonyl (C=O) groups is 2. The number of carbonyl (C=O) groups excluding carboxylic acids is 2. The fourth-order valence-electron chi connectivity index (χ4n) is 3.21. The minimum Gasteiger partial charge on any atom is -0.376 e. The quantitative estimate of drug-likeness (QED) is 0.818. The van der Waals surface area contributed by atoms with E-state index in [1.807, 2.05) is 51.1 Å². The molecule has 144 valence electrons. The monoisotopic (exact) mass is 386 g/mol. The number of amides is 2. The molecule has 2 aromatic rings. The second-order valence-electron chi connectivity index (χ2n) is 7.03. The summed E-state index contributed by atoms with van der Waals surface area (Å²) >= 11 is 1.45. The molecule has 0 aliphatic carbocycles. The van der Waals surface area contributed by atoms with E-state index in [1.165, 1.54) is 11.3 Å². The van der Waals surface area contributed by atoms with E-state index in [0.29, 0.717) is 11.4 Å². The minimum atomic E-state index is -0.191. The highest BCUT2D eigenvalue weighted by Crippen LogP contribution is 2.21. The Labute approximate surface area is 164 Å². The molecule has 1 saturated heterocycles. The molecule has 0 radical (unpaired) electrons. The topological polar surface area (TPSA) is 58.6 Å². The van der Waals surface area contributed by atoms with Crippen molar-refractivity contribution in [2.45, 2.75) is 39.7 Å². The van der Waals surface area contributed by atoms with E-state index in [9.17, 15) is 9.59 Å². The van der Waals surface area contributed by atoms with Gasteiger partial charge >= 0.3 is 0 Å². The lowest BCUT2D eigenvalue weighted by molar-refractivity contribution is -0.117. The third-order valence-corrected chi connectivity index (χ3v) is 5.89. The fraction of sp³-hybridized carbons (Fsp3) is 0.429. The first-order valence-electron chi connectivity index (χ1n) is 9.27. The Kier molecular flexibility index (Phi) is 6.29. The molecule has 1 aliphatic rings. The number of nitrogens with one attached hydrogen (secondary N) is 1. The van der Waals surface area contributed by atoms with Crippen molar-refractivity contribution in [3.8, 4) is 0 Å². The summed E-state index contributed by atoms with van der Waals surface area (Å²) in [5.74, 6) is -0.303. The Morgan fingerprint density at radius 1 is 1.22 bits per heavy atom. The molecule has 2 heterocycles. The number of benzene rings is 1. The largest absolute Gasteiger partial charge is 0.376 e. The van der Waals surface area contributed by atoms with Gasteiger partial charge in [-0.3, -0.25) is 9.59 Å². The molecule has 1 aromatic heterocycles. The molecule has 1 fully saturated rings. The number of nitrogens with zero attached hydrogens (tertiary/aromatic N) is 1. The summed E-state index contributed by atoms with van der Waals surface area (Å²) in [6.45, 7) is 7.14. The van der Waals surface area contributed by atoms with Gasteiger partial charge in [-0.15, -0.1) is 11.3 Å². The first-order chi connectivity index (χ1) is 12.9. The van der Waals surface area contributed by atoms with Crippen LogP contribution in [0.25, 0.3) is 0 Å². The zero-order chi connectivity index (χ0) is 19.4. The fourth-order valence-corrected chi connectivity index (χ4v) is 4.04. The van der Waals surface area contributed by atoms with Crippen molar-refractivity contribution in [1.82, 2.24) is 4.90 Å². The SMILES string of the molecule is Cc1ccc(C(=O)N(CC(=O)Nc2cccc(C)c2C)C[C@H]2CCCO2)s1. The summed E-state index contributed by atoms with van der Waals surface area (Å²) in [6, 6.07) is 9.57. The molecular weight excluding hydrogens is 360 g/mol. The Hall–Kier alpha value is -2.18. The smallest absolute Gasteiger partial charge is 0.264 e. The minimum absolute atomic E-state index is 0.00325. The lowest BCUT2D eigenvalue weighted by Crippen LogP contribution is -2.42. The molecule has 5 nitrogen and oxygen atoms in total. The maximum atomic E-state index is 13.0.